The molecule has 0 aliphatic carbocycles. The maximum atomic E-state index is 14.5. The molecule has 3 heterocycles. The first-order chi connectivity index (χ1) is 15.4. The van der Waals surface area contributed by atoms with Gasteiger partial charge in [0.2, 0.25) is 5.91 Å². The molecule has 1 unspecified atom stereocenters. The van der Waals surface area contributed by atoms with Gasteiger partial charge < -0.3 is 15.6 Å². The minimum Gasteiger partial charge on any atom is -0.354 e. The number of rotatable bonds is 4. The van der Waals surface area contributed by atoms with Gasteiger partial charge in [0, 0.05) is 23.6 Å². The molecule has 2 aromatic heterocycles. The number of halogens is 3. The van der Waals surface area contributed by atoms with Gasteiger partial charge in [-0.15, -0.1) is 5.10 Å². The summed E-state index contributed by atoms with van der Waals surface area (Å²) in [5, 5.41) is 13.2. The Morgan fingerprint density at radius 3 is 2.62 bits per heavy atom. The summed E-state index contributed by atoms with van der Waals surface area (Å²) in [5.74, 6) is -2.98. The van der Waals surface area contributed by atoms with Crippen molar-refractivity contribution >= 4 is 22.7 Å². The second-order valence-corrected chi connectivity index (χ2v) is 7.32. The molecule has 1 aliphatic rings. The molecule has 1 saturated heterocycles. The second-order valence-electron chi connectivity index (χ2n) is 7.32. The van der Waals surface area contributed by atoms with E-state index in [4.69, 9.17) is 0 Å². The van der Waals surface area contributed by atoms with Gasteiger partial charge >= 0.3 is 0 Å². The first kappa shape index (κ1) is 19.8. The highest BCUT2D eigenvalue weighted by atomic mass is 19.1. The van der Waals surface area contributed by atoms with Crippen LogP contribution in [0.4, 0.5) is 13.2 Å². The van der Waals surface area contributed by atoms with Crippen LogP contribution in [0.5, 0.6) is 0 Å². The van der Waals surface area contributed by atoms with Gasteiger partial charge in [-0.1, -0.05) is 5.21 Å². The Hall–Kier alpha value is -4.15. The zero-order chi connectivity index (χ0) is 22.4. The predicted octanol–water partition coefficient (Wildman–Crippen LogP) is 2.45. The van der Waals surface area contributed by atoms with Crippen molar-refractivity contribution in [2.45, 2.75) is 12.5 Å². The maximum Gasteiger partial charge on any atom is 0.274 e. The van der Waals surface area contributed by atoms with Crippen LogP contribution in [0, 0.1) is 17.5 Å². The first-order valence-electron chi connectivity index (χ1n) is 9.68. The van der Waals surface area contributed by atoms with Crippen molar-refractivity contribution < 1.29 is 22.8 Å². The number of fused-ring (bicyclic) bond motifs is 1. The highest BCUT2D eigenvalue weighted by molar-refractivity contribution is 5.98. The van der Waals surface area contributed by atoms with Gasteiger partial charge in [-0.25, -0.2) is 17.9 Å². The number of nitrogens with zero attached hydrogens (tertiary/aromatic N) is 3. The lowest BCUT2D eigenvalue weighted by Crippen LogP contribution is -2.40. The van der Waals surface area contributed by atoms with E-state index in [1.54, 1.807) is 0 Å². The summed E-state index contributed by atoms with van der Waals surface area (Å²) in [7, 11) is 0. The van der Waals surface area contributed by atoms with Crippen LogP contribution in [0.2, 0.25) is 0 Å². The molecule has 3 N–H and O–H groups in total. The van der Waals surface area contributed by atoms with Gasteiger partial charge in [-0.05, 0) is 36.8 Å². The Bertz CT molecular complexity index is 1360. The summed E-state index contributed by atoms with van der Waals surface area (Å²) < 4.78 is 43.1. The average Bonchev–Trinajstić information content (AvgIpc) is 3.47. The number of carbonyl (C=O) groups is 2. The Balaban J connectivity index is 1.60. The number of benzene rings is 2. The second kappa shape index (κ2) is 7.52. The van der Waals surface area contributed by atoms with Crippen molar-refractivity contribution in [2.24, 2.45) is 0 Å². The molecule has 1 atom stereocenters. The lowest BCUT2D eigenvalue weighted by molar-refractivity contribution is -0.120. The Morgan fingerprint density at radius 2 is 1.91 bits per heavy atom. The molecule has 162 valence electrons. The molecule has 1 fully saturated rings. The number of H-pyrrole nitrogens is 1. The monoisotopic (exact) mass is 440 g/mol. The van der Waals surface area contributed by atoms with E-state index < -0.39 is 29.4 Å². The zero-order valence-electron chi connectivity index (χ0n) is 16.3. The normalized spacial score (nSPS) is 15.8. The zero-order valence-corrected chi connectivity index (χ0v) is 16.3. The van der Waals surface area contributed by atoms with Gasteiger partial charge in [0.05, 0.1) is 23.1 Å². The summed E-state index contributed by atoms with van der Waals surface area (Å²) >= 11 is 0. The fourth-order valence-corrected chi connectivity index (χ4v) is 3.71. The van der Waals surface area contributed by atoms with Crippen LogP contribution >= 0.6 is 0 Å². The number of hydrogen-bond acceptors (Lipinski definition) is 4. The van der Waals surface area contributed by atoms with Crippen LogP contribution in [0.15, 0.2) is 42.6 Å². The number of aromatic amines is 1. The highest BCUT2D eigenvalue weighted by Crippen LogP contribution is 2.35. The quantitative estimate of drug-likeness (QED) is 0.453. The standard InChI is InChI=1S/C21H15F3N6O2/c22-11-3-1-10(2-4-11)17-19(13-7-12(23)8-14(24)18(13)27-17)30-9-16(28-29-30)21(32)26-15-5-6-25-20(15)31/h1-4,7-9,15,27H,5-6H2,(H,25,31)(H,26,32). The molecule has 0 radical (unpaired) electrons. The summed E-state index contributed by atoms with van der Waals surface area (Å²) in [6, 6.07) is 6.61. The Kier molecular flexibility index (Phi) is 4.65. The lowest BCUT2D eigenvalue weighted by Gasteiger charge is -2.07. The van der Waals surface area contributed by atoms with Crippen molar-refractivity contribution in [3.63, 3.8) is 0 Å². The molecule has 8 nitrogen and oxygen atoms in total. The number of amides is 2. The van der Waals surface area contributed by atoms with E-state index in [-0.39, 0.29) is 28.2 Å². The van der Waals surface area contributed by atoms with Crippen LogP contribution in [0.25, 0.3) is 27.8 Å². The Labute approximate surface area is 178 Å². The van der Waals surface area contributed by atoms with E-state index in [0.717, 1.165) is 12.1 Å². The molecule has 32 heavy (non-hydrogen) atoms. The van der Waals surface area contributed by atoms with Crippen molar-refractivity contribution in [3.8, 4) is 16.9 Å². The van der Waals surface area contributed by atoms with Gasteiger partial charge in [-0.2, -0.15) is 0 Å². The highest BCUT2D eigenvalue weighted by Gasteiger charge is 2.27. The van der Waals surface area contributed by atoms with E-state index in [9.17, 15) is 22.8 Å². The van der Waals surface area contributed by atoms with E-state index >= 15 is 0 Å². The van der Waals surface area contributed by atoms with E-state index in [0.29, 0.717) is 24.2 Å². The third kappa shape index (κ3) is 3.37. The summed E-state index contributed by atoms with van der Waals surface area (Å²) in [6.45, 7) is 0.462. The minimum atomic E-state index is -0.820. The lowest BCUT2D eigenvalue weighted by atomic mass is 10.1. The molecule has 5 rings (SSSR count). The largest absolute Gasteiger partial charge is 0.354 e. The van der Waals surface area contributed by atoms with Crippen LogP contribution in [0.3, 0.4) is 0 Å². The SMILES string of the molecule is O=C(NC1CCNC1=O)c1cn(-c2c(-c3ccc(F)cc3)[nH]c3c(F)cc(F)cc23)nn1. The van der Waals surface area contributed by atoms with Crippen molar-refractivity contribution in [3.05, 3.63) is 65.7 Å². The third-order valence-corrected chi connectivity index (χ3v) is 5.24. The molecule has 4 aromatic rings. The van der Waals surface area contributed by atoms with Crippen molar-refractivity contribution in [1.29, 1.82) is 0 Å². The van der Waals surface area contributed by atoms with Crippen molar-refractivity contribution in [2.75, 3.05) is 6.54 Å². The Morgan fingerprint density at radius 1 is 1.12 bits per heavy atom. The fourth-order valence-electron chi connectivity index (χ4n) is 3.71. The molecule has 11 heteroatoms. The smallest absolute Gasteiger partial charge is 0.274 e. The fraction of sp³-hybridized carbons (Fsp3) is 0.143. The number of aromatic nitrogens is 4. The van der Waals surface area contributed by atoms with Crippen LogP contribution in [0.1, 0.15) is 16.9 Å². The molecule has 0 saturated carbocycles. The summed E-state index contributed by atoms with van der Waals surface area (Å²) in [4.78, 5) is 27.1. The average molecular weight is 440 g/mol. The number of nitrogens with one attached hydrogen (secondary N) is 3. The minimum absolute atomic E-state index is 0.0184. The summed E-state index contributed by atoms with van der Waals surface area (Å²) in [6.07, 6.45) is 1.75. The molecule has 1 aliphatic heterocycles. The van der Waals surface area contributed by atoms with E-state index in [1.807, 2.05) is 0 Å². The molecular weight excluding hydrogens is 425 g/mol. The topological polar surface area (TPSA) is 105 Å². The molecule has 2 aromatic carbocycles. The van der Waals surface area contributed by atoms with Gasteiger partial charge in [0.25, 0.3) is 5.91 Å². The predicted molar refractivity (Wildman–Crippen MR) is 107 cm³/mol. The van der Waals surface area contributed by atoms with E-state index in [1.165, 1.54) is 35.1 Å². The van der Waals surface area contributed by atoms with Gasteiger partial charge in [-0.3, -0.25) is 9.59 Å². The maximum absolute atomic E-state index is 14.5. The first-order valence-corrected chi connectivity index (χ1v) is 9.68. The molecular formula is C21H15F3N6O2. The van der Waals surface area contributed by atoms with Crippen LogP contribution < -0.4 is 10.6 Å². The van der Waals surface area contributed by atoms with Crippen LogP contribution in [-0.4, -0.2) is 44.4 Å². The van der Waals surface area contributed by atoms with E-state index in [2.05, 4.69) is 25.9 Å². The summed E-state index contributed by atoms with van der Waals surface area (Å²) in [5.41, 5.74) is 0.985. The van der Waals surface area contributed by atoms with Gasteiger partial charge in [0.1, 0.15) is 23.5 Å². The van der Waals surface area contributed by atoms with Crippen molar-refractivity contribution in [1.82, 2.24) is 30.6 Å². The van der Waals surface area contributed by atoms with Gasteiger partial charge in [0.15, 0.2) is 5.69 Å². The molecule has 0 bridgehead atoms. The third-order valence-electron chi connectivity index (χ3n) is 5.24. The number of hydrogen-bond donors (Lipinski definition) is 3. The van der Waals surface area contributed by atoms with Crippen LogP contribution in [-0.2, 0) is 4.79 Å². The molecule has 0 spiro atoms. The number of carbonyl (C=O) groups excluding carboxylic acids is 2. The molecule has 2 amide bonds.